The number of nitrogens with one attached hydrogen (secondary N) is 1. The molecule has 0 unspecified atom stereocenters. The molecular weight excluding hydrogens is 334 g/mol. The Morgan fingerprint density at radius 3 is 2.92 bits per heavy atom. The molecular formula is C18H19N5O3. The Morgan fingerprint density at radius 2 is 2.23 bits per heavy atom. The standard InChI is InChI=1S/C18H19N5O3/c1-26-16-3-2-12(9-19-16)17(13-6-14(24)7-13)21-18(25)11-4-5-23-10-20-22-15(23)8-11/h2-5,8-10,13-14,17,24H,6-7H2,1H3,(H,21,25)/t13?,14?,17-/m0/s1. The number of ether oxygens (including phenoxy) is 1. The van der Waals surface area contributed by atoms with E-state index in [1.54, 1.807) is 48.4 Å². The largest absolute Gasteiger partial charge is 0.481 e. The van der Waals surface area contributed by atoms with Crippen molar-refractivity contribution in [2.24, 2.45) is 5.92 Å². The molecule has 0 aliphatic heterocycles. The van der Waals surface area contributed by atoms with Crippen LogP contribution in [-0.4, -0.2) is 43.8 Å². The van der Waals surface area contributed by atoms with E-state index >= 15 is 0 Å². The molecule has 3 heterocycles. The van der Waals surface area contributed by atoms with Crippen LogP contribution in [0.15, 0.2) is 43.0 Å². The van der Waals surface area contributed by atoms with E-state index in [0.717, 1.165) is 5.56 Å². The van der Waals surface area contributed by atoms with Crippen molar-refractivity contribution in [1.29, 1.82) is 0 Å². The number of carbonyl (C=O) groups excluding carboxylic acids is 1. The normalized spacial score (nSPS) is 20.4. The van der Waals surface area contributed by atoms with Gasteiger partial charge < -0.3 is 15.2 Å². The number of rotatable bonds is 5. The van der Waals surface area contributed by atoms with E-state index in [1.807, 2.05) is 6.07 Å². The third-order valence-corrected chi connectivity index (χ3v) is 4.80. The van der Waals surface area contributed by atoms with Gasteiger partial charge in [0.25, 0.3) is 5.91 Å². The molecule has 3 aromatic rings. The number of aliphatic hydroxyl groups excluding tert-OH is 1. The molecule has 1 amide bonds. The van der Waals surface area contributed by atoms with E-state index in [-0.39, 0.29) is 24.0 Å². The molecule has 134 valence electrons. The zero-order valence-electron chi connectivity index (χ0n) is 14.2. The van der Waals surface area contributed by atoms with Crippen LogP contribution in [0.25, 0.3) is 5.65 Å². The van der Waals surface area contributed by atoms with Crippen LogP contribution in [0, 0.1) is 5.92 Å². The number of nitrogens with zero attached hydrogens (tertiary/aromatic N) is 4. The lowest BCUT2D eigenvalue weighted by Gasteiger charge is -2.38. The fourth-order valence-electron chi connectivity index (χ4n) is 3.26. The maximum atomic E-state index is 12.8. The highest BCUT2D eigenvalue weighted by atomic mass is 16.5. The zero-order valence-corrected chi connectivity index (χ0v) is 14.2. The highest BCUT2D eigenvalue weighted by Crippen LogP contribution is 2.38. The number of hydrogen-bond donors (Lipinski definition) is 2. The van der Waals surface area contributed by atoms with Crippen molar-refractivity contribution >= 4 is 11.6 Å². The molecule has 2 N–H and O–H groups in total. The smallest absolute Gasteiger partial charge is 0.251 e. The fourth-order valence-corrected chi connectivity index (χ4v) is 3.26. The molecule has 0 aromatic carbocycles. The molecule has 1 atom stereocenters. The first-order valence-corrected chi connectivity index (χ1v) is 8.42. The molecule has 4 rings (SSSR count). The monoisotopic (exact) mass is 353 g/mol. The summed E-state index contributed by atoms with van der Waals surface area (Å²) in [6, 6.07) is 6.86. The summed E-state index contributed by atoms with van der Waals surface area (Å²) in [4.78, 5) is 17.0. The fraction of sp³-hybridized carbons (Fsp3) is 0.333. The summed E-state index contributed by atoms with van der Waals surface area (Å²) >= 11 is 0. The lowest BCUT2D eigenvalue weighted by Crippen LogP contribution is -2.41. The van der Waals surface area contributed by atoms with Gasteiger partial charge in [-0.1, -0.05) is 6.07 Å². The number of aromatic nitrogens is 4. The van der Waals surface area contributed by atoms with Crippen LogP contribution in [-0.2, 0) is 0 Å². The number of carbonyl (C=O) groups is 1. The van der Waals surface area contributed by atoms with E-state index in [0.29, 0.717) is 29.9 Å². The van der Waals surface area contributed by atoms with E-state index in [2.05, 4.69) is 20.5 Å². The molecule has 0 saturated heterocycles. The quantitative estimate of drug-likeness (QED) is 0.718. The number of fused-ring (bicyclic) bond motifs is 1. The van der Waals surface area contributed by atoms with Gasteiger partial charge in [-0.05, 0) is 36.5 Å². The molecule has 1 fully saturated rings. The topological polar surface area (TPSA) is 102 Å². The molecule has 3 aromatic heterocycles. The van der Waals surface area contributed by atoms with Gasteiger partial charge >= 0.3 is 0 Å². The van der Waals surface area contributed by atoms with E-state index in [4.69, 9.17) is 4.74 Å². The second kappa shape index (κ2) is 6.72. The molecule has 0 spiro atoms. The maximum Gasteiger partial charge on any atom is 0.251 e. The minimum atomic E-state index is -0.307. The first kappa shape index (κ1) is 16.5. The Labute approximate surface area is 149 Å². The van der Waals surface area contributed by atoms with Crippen molar-refractivity contribution in [1.82, 2.24) is 24.9 Å². The molecule has 8 nitrogen and oxygen atoms in total. The third-order valence-electron chi connectivity index (χ3n) is 4.80. The van der Waals surface area contributed by atoms with Gasteiger partial charge in [-0.25, -0.2) is 4.98 Å². The van der Waals surface area contributed by atoms with Crippen LogP contribution in [0.3, 0.4) is 0 Å². The minimum Gasteiger partial charge on any atom is -0.481 e. The van der Waals surface area contributed by atoms with Crippen molar-refractivity contribution in [3.05, 3.63) is 54.1 Å². The van der Waals surface area contributed by atoms with E-state index in [1.165, 1.54) is 0 Å². The molecule has 8 heteroatoms. The summed E-state index contributed by atoms with van der Waals surface area (Å²) in [6.07, 6.45) is 6.04. The van der Waals surface area contributed by atoms with Crippen LogP contribution >= 0.6 is 0 Å². The first-order valence-electron chi connectivity index (χ1n) is 8.42. The molecule has 0 bridgehead atoms. The number of amides is 1. The van der Waals surface area contributed by atoms with E-state index < -0.39 is 0 Å². The van der Waals surface area contributed by atoms with Gasteiger partial charge in [0.1, 0.15) is 6.33 Å². The Balaban J connectivity index is 1.57. The van der Waals surface area contributed by atoms with E-state index in [9.17, 15) is 9.90 Å². The Hall–Kier alpha value is -3.00. The second-order valence-corrected chi connectivity index (χ2v) is 6.48. The van der Waals surface area contributed by atoms with Crippen LogP contribution in [0.2, 0.25) is 0 Å². The lowest BCUT2D eigenvalue weighted by molar-refractivity contribution is 0.0234. The summed E-state index contributed by atoms with van der Waals surface area (Å²) in [5, 5.41) is 20.5. The Morgan fingerprint density at radius 1 is 1.38 bits per heavy atom. The lowest BCUT2D eigenvalue weighted by atomic mass is 9.75. The average molecular weight is 353 g/mol. The second-order valence-electron chi connectivity index (χ2n) is 6.48. The molecule has 1 aliphatic carbocycles. The van der Waals surface area contributed by atoms with Gasteiger partial charge in [0, 0.05) is 24.0 Å². The van der Waals surface area contributed by atoms with Crippen LogP contribution in [0.4, 0.5) is 0 Å². The van der Waals surface area contributed by atoms with Crippen LogP contribution in [0.5, 0.6) is 5.88 Å². The predicted molar refractivity (Wildman–Crippen MR) is 92.7 cm³/mol. The molecule has 1 saturated carbocycles. The van der Waals surface area contributed by atoms with Crippen LogP contribution in [0.1, 0.15) is 34.8 Å². The summed E-state index contributed by atoms with van der Waals surface area (Å²) in [5.74, 6) is 0.489. The zero-order chi connectivity index (χ0) is 18.1. The van der Waals surface area contributed by atoms with Gasteiger partial charge in [-0.3, -0.25) is 9.20 Å². The van der Waals surface area contributed by atoms with Crippen molar-refractivity contribution in [2.75, 3.05) is 7.11 Å². The first-order chi connectivity index (χ1) is 12.6. The van der Waals surface area contributed by atoms with Crippen molar-refractivity contribution in [3.8, 4) is 5.88 Å². The Kier molecular flexibility index (Phi) is 4.26. The predicted octanol–water partition coefficient (Wildman–Crippen LogP) is 1.37. The highest BCUT2D eigenvalue weighted by molar-refractivity contribution is 5.95. The van der Waals surface area contributed by atoms with Crippen molar-refractivity contribution in [3.63, 3.8) is 0 Å². The van der Waals surface area contributed by atoms with Gasteiger partial charge in [-0.15, -0.1) is 10.2 Å². The average Bonchev–Trinajstić information content (AvgIpc) is 3.11. The third kappa shape index (κ3) is 3.11. The molecule has 0 radical (unpaired) electrons. The number of pyridine rings is 2. The summed E-state index contributed by atoms with van der Waals surface area (Å²) in [6.45, 7) is 0. The maximum absolute atomic E-state index is 12.8. The number of aliphatic hydroxyl groups is 1. The summed E-state index contributed by atoms with van der Waals surface area (Å²) in [7, 11) is 1.56. The van der Waals surface area contributed by atoms with Gasteiger partial charge in [0.05, 0.1) is 19.3 Å². The van der Waals surface area contributed by atoms with Gasteiger partial charge in [0.2, 0.25) is 5.88 Å². The molecule has 1 aliphatic rings. The number of methoxy groups -OCH3 is 1. The Bertz CT molecular complexity index is 918. The minimum absolute atomic E-state index is 0.168. The molecule has 26 heavy (non-hydrogen) atoms. The number of hydrogen-bond acceptors (Lipinski definition) is 6. The summed E-state index contributed by atoms with van der Waals surface area (Å²) < 4.78 is 6.84. The van der Waals surface area contributed by atoms with Crippen molar-refractivity contribution in [2.45, 2.75) is 25.0 Å². The summed E-state index contributed by atoms with van der Waals surface area (Å²) in [5.41, 5.74) is 2.01. The SMILES string of the molecule is COc1ccc([C@H](NC(=O)c2ccn3cnnc3c2)C2CC(O)C2)cn1. The van der Waals surface area contributed by atoms with Gasteiger partial charge in [-0.2, -0.15) is 0 Å². The van der Waals surface area contributed by atoms with Gasteiger partial charge in [0.15, 0.2) is 5.65 Å². The highest BCUT2D eigenvalue weighted by Gasteiger charge is 2.36. The van der Waals surface area contributed by atoms with Crippen LogP contribution < -0.4 is 10.1 Å². The van der Waals surface area contributed by atoms with Crippen molar-refractivity contribution < 1.29 is 14.6 Å².